The first-order valence-corrected chi connectivity index (χ1v) is 6.00. The average Bonchev–Trinajstić information content (AvgIpc) is 2.17. The maximum atomic E-state index is 3.68. The molecule has 0 aromatic rings. The van der Waals surface area contributed by atoms with Gasteiger partial charge in [-0.15, -0.1) is 0 Å². The van der Waals surface area contributed by atoms with Gasteiger partial charge in [-0.05, 0) is 56.4 Å². The number of hydrogen-bond donors (Lipinski definition) is 1. The van der Waals surface area contributed by atoms with Crippen molar-refractivity contribution in [1.82, 2.24) is 5.32 Å². The smallest absolute Gasteiger partial charge is 0.00955 e. The Morgan fingerprint density at radius 1 is 1.15 bits per heavy atom. The minimum Gasteiger partial charge on any atom is -0.314 e. The summed E-state index contributed by atoms with van der Waals surface area (Å²) in [6, 6.07) is 0.878. The van der Waals surface area contributed by atoms with Crippen LogP contribution in [0.5, 0.6) is 0 Å². The van der Waals surface area contributed by atoms with E-state index in [0.29, 0.717) is 0 Å². The lowest BCUT2D eigenvalue weighted by atomic mass is 9.71. The normalized spacial score (nSPS) is 40.4. The summed E-state index contributed by atoms with van der Waals surface area (Å²) >= 11 is 0. The van der Waals surface area contributed by atoms with Crippen molar-refractivity contribution < 1.29 is 0 Å². The molecule has 0 spiro atoms. The molecule has 2 fully saturated rings. The topological polar surface area (TPSA) is 12.0 Å². The number of fused-ring (bicyclic) bond motifs is 1. The third-order valence-electron chi connectivity index (χ3n) is 4.12. The molecule has 1 saturated carbocycles. The van der Waals surface area contributed by atoms with Crippen LogP contribution in [0.25, 0.3) is 0 Å². The molecular weight excluding hydrogens is 158 g/mol. The van der Waals surface area contributed by atoms with Crippen molar-refractivity contribution in [3.63, 3.8) is 0 Å². The minimum atomic E-state index is 0.878. The molecule has 0 amide bonds. The molecule has 1 saturated heterocycles. The first kappa shape index (κ1) is 9.51. The van der Waals surface area contributed by atoms with E-state index in [-0.39, 0.29) is 0 Å². The van der Waals surface area contributed by atoms with Crippen LogP contribution in [0.2, 0.25) is 0 Å². The van der Waals surface area contributed by atoms with Gasteiger partial charge < -0.3 is 5.32 Å². The summed E-state index contributed by atoms with van der Waals surface area (Å²) in [5.41, 5.74) is 0. The lowest BCUT2D eigenvalue weighted by Crippen LogP contribution is -2.45. The molecule has 0 aromatic heterocycles. The van der Waals surface area contributed by atoms with Gasteiger partial charge >= 0.3 is 0 Å². The van der Waals surface area contributed by atoms with Gasteiger partial charge in [0.05, 0.1) is 0 Å². The fourth-order valence-electron chi connectivity index (χ4n) is 3.15. The van der Waals surface area contributed by atoms with Crippen molar-refractivity contribution in [3.05, 3.63) is 0 Å². The standard InChI is InChI=1S/C12H23N/c1-9(2)10-5-6-12-11(8-10)4-3-7-13-12/h9-13H,3-8H2,1-2H3. The summed E-state index contributed by atoms with van der Waals surface area (Å²) in [6.07, 6.45) is 7.29. The largest absolute Gasteiger partial charge is 0.314 e. The SMILES string of the molecule is CC(C)C1CCC2NCCCC2C1. The zero-order valence-electron chi connectivity index (χ0n) is 9.05. The molecule has 1 nitrogen and oxygen atoms in total. The van der Waals surface area contributed by atoms with Crippen LogP contribution in [-0.4, -0.2) is 12.6 Å². The monoisotopic (exact) mass is 181 g/mol. The molecule has 1 N–H and O–H groups in total. The third kappa shape index (κ3) is 2.07. The second-order valence-electron chi connectivity index (χ2n) is 5.28. The van der Waals surface area contributed by atoms with E-state index in [2.05, 4.69) is 19.2 Å². The lowest BCUT2D eigenvalue weighted by molar-refractivity contribution is 0.139. The Morgan fingerprint density at radius 2 is 2.00 bits per heavy atom. The maximum absolute atomic E-state index is 3.68. The van der Waals surface area contributed by atoms with E-state index in [9.17, 15) is 0 Å². The first-order chi connectivity index (χ1) is 6.27. The fraction of sp³-hybridized carbons (Fsp3) is 1.00. The molecule has 0 radical (unpaired) electrons. The van der Waals surface area contributed by atoms with Crippen molar-refractivity contribution in [2.75, 3.05) is 6.54 Å². The van der Waals surface area contributed by atoms with Crippen molar-refractivity contribution in [2.45, 2.75) is 52.0 Å². The highest BCUT2D eigenvalue weighted by Gasteiger charge is 2.32. The van der Waals surface area contributed by atoms with Crippen LogP contribution in [0.15, 0.2) is 0 Å². The van der Waals surface area contributed by atoms with Gasteiger partial charge in [-0.2, -0.15) is 0 Å². The van der Waals surface area contributed by atoms with Gasteiger partial charge in [0, 0.05) is 6.04 Å². The van der Waals surface area contributed by atoms with E-state index < -0.39 is 0 Å². The molecular formula is C12H23N. The van der Waals surface area contributed by atoms with E-state index in [1.807, 2.05) is 0 Å². The first-order valence-electron chi connectivity index (χ1n) is 6.00. The molecule has 13 heavy (non-hydrogen) atoms. The zero-order chi connectivity index (χ0) is 9.26. The summed E-state index contributed by atoms with van der Waals surface area (Å²) in [6.45, 7) is 6.05. The average molecular weight is 181 g/mol. The number of hydrogen-bond acceptors (Lipinski definition) is 1. The molecule has 1 heteroatoms. The second-order valence-corrected chi connectivity index (χ2v) is 5.28. The zero-order valence-corrected chi connectivity index (χ0v) is 9.05. The predicted molar refractivity (Wildman–Crippen MR) is 56.7 cm³/mol. The van der Waals surface area contributed by atoms with Gasteiger partial charge in [0.2, 0.25) is 0 Å². The minimum absolute atomic E-state index is 0.878. The molecule has 2 aliphatic rings. The van der Waals surface area contributed by atoms with Gasteiger partial charge in [0.15, 0.2) is 0 Å². The van der Waals surface area contributed by atoms with Crippen molar-refractivity contribution in [1.29, 1.82) is 0 Å². The van der Waals surface area contributed by atoms with Crippen LogP contribution in [0, 0.1) is 17.8 Å². The molecule has 3 unspecified atom stereocenters. The summed E-state index contributed by atoms with van der Waals surface area (Å²) in [5.74, 6) is 2.93. The third-order valence-corrected chi connectivity index (χ3v) is 4.12. The summed E-state index contributed by atoms with van der Waals surface area (Å²) in [5, 5.41) is 3.68. The van der Waals surface area contributed by atoms with Crippen molar-refractivity contribution >= 4 is 0 Å². The molecule has 1 aliphatic carbocycles. The molecule has 1 aliphatic heterocycles. The highest BCUT2D eigenvalue weighted by atomic mass is 14.9. The van der Waals surface area contributed by atoms with Gasteiger partial charge in [0.25, 0.3) is 0 Å². The number of rotatable bonds is 1. The second kappa shape index (κ2) is 4.00. The quantitative estimate of drug-likeness (QED) is 0.656. The Bertz CT molecular complexity index is 165. The molecule has 1 heterocycles. The van der Waals surface area contributed by atoms with Crippen LogP contribution >= 0.6 is 0 Å². The summed E-state index contributed by atoms with van der Waals surface area (Å²) < 4.78 is 0. The Hall–Kier alpha value is -0.0400. The Balaban J connectivity index is 1.91. The van der Waals surface area contributed by atoms with Crippen molar-refractivity contribution in [2.24, 2.45) is 17.8 Å². The summed E-state index contributed by atoms with van der Waals surface area (Å²) in [4.78, 5) is 0. The molecule has 3 atom stereocenters. The molecule has 76 valence electrons. The number of nitrogens with one attached hydrogen (secondary N) is 1. The fourth-order valence-corrected chi connectivity index (χ4v) is 3.15. The predicted octanol–water partition coefficient (Wildman–Crippen LogP) is 2.81. The van der Waals surface area contributed by atoms with E-state index in [1.54, 1.807) is 0 Å². The van der Waals surface area contributed by atoms with Gasteiger partial charge in [-0.1, -0.05) is 13.8 Å². The summed E-state index contributed by atoms with van der Waals surface area (Å²) in [7, 11) is 0. The lowest BCUT2D eigenvalue weighted by Gasteiger charge is -2.41. The van der Waals surface area contributed by atoms with E-state index in [0.717, 1.165) is 23.8 Å². The van der Waals surface area contributed by atoms with Crippen molar-refractivity contribution in [3.8, 4) is 0 Å². The van der Waals surface area contributed by atoms with Crippen LogP contribution in [0.3, 0.4) is 0 Å². The van der Waals surface area contributed by atoms with E-state index >= 15 is 0 Å². The molecule has 0 aromatic carbocycles. The Morgan fingerprint density at radius 3 is 2.77 bits per heavy atom. The van der Waals surface area contributed by atoms with Gasteiger partial charge in [-0.3, -0.25) is 0 Å². The van der Waals surface area contributed by atoms with Crippen LogP contribution in [0.4, 0.5) is 0 Å². The van der Waals surface area contributed by atoms with Crippen LogP contribution in [-0.2, 0) is 0 Å². The highest BCUT2D eigenvalue weighted by Crippen LogP contribution is 2.37. The van der Waals surface area contributed by atoms with Gasteiger partial charge in [0.1, 0.15) is 0 Å². The number of piperidine rings is 1. The Labute approximate surface area is 82.3 Å². The van der Waals surface area contributed by atoms with Gasteiger partial charge in [-0.25, -0.2) is 0 Å². The molecule has 2 rings (SSSR count). The molecule has 0 bridgehead atoms. The van der Waals surface area contributed by atoms with E-state index in [1.165, 1.54) is 38.6 Å². The maximum Gasteiger partial charge on any atom is 0.00955 e. The highest BCUT2D eigenvalue weighted by molar-refractivity contribution is 4.88. The van der Waals surface area contributed by atoms with E-state index in [4.69, 9.17) is 0 Å². The Kier molecular flexibility index (Phi) is 2.92. The van der Waals surface area contributed by atoms with Crippen LogP contribution in [0.1, 0.15) is 46.0 Å². The van der Waals surface area contributed by atoms with Crippen LogP contribution < -0.4 is 5.32 Å².